The van der Waals surface area contributed by atoms with Crippen molar-refractivity contribution in [3.8, 4) is 0 Å². The van der Waals surface area contributed by atoms with Gasteiger partial charge < -0.3 is 20.1 Å². The lowest BCUT2D eigenvalue weighted by molar-refractivity contribution is 0.0792. The summed E-state index contributed by atoms with van der Waals surface area (Å²) < 4.78 is 5.76. The molecule has 0 spiro atoms. The summed E-state index contributed by atoms with van der Waals surface area (Å²) in [5, 5.41) is 13.0. The molecule has 2 fully saturated rings. The Labute approximate surface area is 199 Å². The lowest BCUT2D eigenvalue weighted by Gasteiger charge is -2.29. The molecule has 1 saturated carbocycles. The monoisotopic (exact) mass is 530 g/mol. The minimum atomic E-state index is -0.111. The Morgan fingerprint density at radius 2 is 1.83 bits per heavy atom. The first-order valence-corrected chi connectivity index (χ1v) is 11.2. The van der Waals surface area contributed by atoms with E-state index in [1.807, 2.05) is 0 Å². The van der Waals surface area contributed by atoms with Gasteiger partial charge in [-0.2, -0.15) is 0 Å². The number of halogens is 1. The van der Waals surface area contributed by atoms with Crippen molar-refractivity contribution in [1.29, 1.82) is 0 Å². The van der Waals surface area contributed by atoms with Crippen LogP contribution in [-0.4, -0.2) is 73.4 Å². The van der Waals surface area contributed by atoms with Gasteiger partial charge in [-0.3, -0.25) is 4.90 Å². The number of rotatable bonds is 10. The summed E-state index contributed by atoms with van der Waals surface area (Å²) in [5.74, 6) is 1.74. The number of aliphatic hydroxyl groups is 1. The zero-order valence-corrected chi connectivity index (χ0v) is 20.9. The van der Waals surface area contributed by atoms with Crippen molar-refractivity contribution in [2.75, 3.05) is 46.4 Å². The number of nitrogens with zero attached hydrogens (tertiary/aromatic N) is 3. The molecule has 0 aromatic heterocycles. The first-order chi connectivity index (χ1) is 14.1. The van der Waals surface area contributed by atoms with Crippen LogP contribution in [-0.2, 0) is 17.8 Å². The molecule has 1 aliphatic heterocycles. The molecule has 1 heterocycles. The lowest BCUT2D eigenvalue weighted by Crippen LogP contribution is -2.40. The second-order valence-corrected chi connectivity index (χ2v) is 8.43. The number of guanidine groups is 1. The van der Waals surface area contributed by atoms with E-state index in [1.165, 1.54) is 24.0 Å². The number of hydrogen-bond donors (Lipinski definition) is 2. The molecule has 7 heteroatoms. The number of hydrogen-bond acceptors (Lipinski definition) is 4. The SMILES string of the molecule is CCNC(=NCc1ccc(CN2CCC(O)CC2)cc1)N(C)CCOCC1CC1.I. The quantitative estimate of drug-likeness (QED) is 0.211. The molecule has 0 bridgehead atoms. The minimum absolute atomic E-state index is 0. The molecule has 0 radical (unpaired) electrons. The number of likely N-dealkylation sites (tertiary alicyclic amines) is 1. The van der Waals surface area contributed by atoms with Crippen LogP contribution >= 0.6 is 24.0 Å². The predicted octanol–water partition coefficient (Wildman–Crippen LogP) is 3.09. The number of likely N-dealkylation sites (N-methyl/N-ethyl adjacent to an activating group) is 1. The molecule has 1 aromatic rings. The number of nitrogens with one attached hydrogen (secondary N) is 1. The molecular weight excluding hydrogens is 491 g/mol. The van der Waals surface area contributed by atoms with Crippen LogP contribution < -0.4 is 5.32 Å². The van der Waals surface area contributed by atoms with E-state index in [0.717, 1.165) is 70.7 Å². The van der Waals surface area contributed by atoms with E-state index in [4.69, 9.17) is 9.73 Å². The van der Waals surface area contributed by atoms with Gasteiger partial charge in [0.1, 0.15) is 0 Å². The smallest absolute Gasteiger partial charge is 0.194 e. The third-order valence-corrected chi connectivity index (χ3v) is 5.72. The molecule has 3 rings (SSSR count). The van der Waals surface area contributed by atoms with Gasteiger partial charge in [-0.05, 0) is 49.7 Å². The van der Waals surface area contributed by atoms with Gasteiger partial charge in [0.05, 0.1) is 19.3 Å². The number of benzene rings is 1. The van der Waals surface area contributed by atoms with Crippen molar-refractivity contribution in [3.63, 3.8) is 0 Å². The fourth-order valence-electron chi connectivity index (χ4n) is 3.56. The standard InChI is InChI=1S/C23H38N4O2.HI/c1-3-24-23(26(2)14-15-29-18-21-8-9-21)25-16-19-4-6-20(7-5-19)17-27-12-10-22(28)11-13-27;/h4-7,21-22,28H,3,8-18H2,1-2H3,(H,24,25);1H. The number of piperidine rings is 1. The fraction of sp³-hybridized carbons (Fsp3) is 0.696. The summed E-state index contributed by atoms with van der Waals surface area (Å²) in [5.41, 5.74) is 2.54. The van der Waals surface area contributed by atoms with Gasteiger partial charge in [-0.1, -0.05) is 24.3 Å². The van der Waals surface area contributed by atoms with Crippen LogP contribution in [0.4, 0.5) is 0 Å². The largest absolute Gasteiger partial charge is 0.393 e. The van der Waals surface area contributed by atoms with Gasteiger partial charge in [-0.25, -0.2) is 4.99 Å². The van der Waals surface area contributed by atoms with E-state index >= 15 is 0 Å². The highest BCUT2D eigenvalue weighted by atomic mass is 127. The third-order valence-electron chi connectivity index (χ3n) is 5.72. The predicted molar refractivity (Wildman–Crippen MR) is 133 cm³/mol. The molecule has 170 valence electrons. The molecule has 0 atom stereocenters. The molecule has 2 N–H and O–H groups in total. The Morgan fingerprint density at radius 1 is 1.17 bits per heavy atom. The van der Waals surface area contributed by atoms with Crippen LogP contribution in [0.3, 0.4) is 0 Å². The Morgan fingerprint density at radius 3 is 2.47 bits per heavy atom. The number of aliphatic hydroxyl groups excluding tert-OH is 1. The third kappa shape index (κ3) is 9.08. The maximum absolute atomic E-state index is 9.64. The highest BCUT2D eigenvalue weighted by Crippen LogP contribution is 2.28. The van der Waals surface area contributed by atoms with Crippen molar-refractivity contribution in [1.82, 2.24) is 15.1 Å². The second-order valence-electron chi connectivity index (χ2n) is 8.43. The van der Waals surface area contributed by atoms with E-state index < -0.39 is 0 Å². The van der Waals surface area contributed by atoms with E-state index in [-0.39, 0.29) is 30.1 Å². The lowest BCUT2D eigenvalue weighted by atomic mass is 10.1. The summed E-state index contributed by atoms with van der Waals surface area (Å²) in [6.45, 7) is 9.06. The highest BCUT2D eigenvalue weighted by Gasteiger charge is 2.21. The van der Waals surface area contributed by atoms with Gasteiger partial charge >= 0.3 is 0 Å². The van der Waals surface area contributed by atoms with Crippen molar-refractivity contribution in [2.45, 2.75) is 51.8 Å². The first-order valence-electron chi connectivity index (χ1n) is 11.2. The number of ether oxygens (including phenoxy) is 1. The molecule has 0 unspecified atom stereocenters. The van der Waals surface area contributed by atoms with Crippen molar-refractivity contribution in [2.24, 2.45) is 10.9 Å². The second kappa shape index (κ2) is 13.5. The molecule has 2 aliphatic rings. The Hall–Kier alpha value is -0.900. The summed E-state index contributed by atoms with van der Waals surface area (Å²) in [6, 6.07) is 8.77. The summed E-state index contributed by atoms with van der Waals surface area (Å²) in [6.07, 6.45) is 4.33. The van der Waals surface area contributed by atoms with Crippen molar-refractivity contribution < 1.29 is 9.84 Å². The molecule has 30 heavy (non-hydrogen) atoms. The van der Waals surface area contributed by atoms with Gasteiger partial charge in [0.25, 0.3) is 0 Å². The zero-order valence-electron chi connectivity index (χ0n) is 18.6. The van der Waals surface area contributed by atoms with Crippen LogP contribution in [0.2, 0.25) is 0 Å². The topological polar surface area (TPSA) is 60.3 Å². The van der Waals surface area contributed by atoms with Crippen LogP contribution in [0.15, 0.2) is 29.3 Å². The Bertz CT molecular complexity index is 629. The van der Waals surface area contributed by atoms with Gasteiger partial charge in [0.2, 0.25) is 0 Å². The average molecular weight is 530 g/mol. The number of aliphatic imine (C=N–C) groups is 1. The molecule has 0 amide bonds. The van der Waals surface area contributed by atoms with E-state index in [9.17, 15) is 5.11 Å². The van der Waals surface area contributed by atoms with E-state index in [0.29, 0.717) is 6.54 Å². The zero-order chi connectivity index (χ0) is 20.5. The normalized spacial score (nSPS) is 18.2. The molecule has 6 nitrogen and oxygen atoms in total. The summed E-state index contributed by atoms with van der Waals surface area (Å²) >= 11 is 0. The van der Waals surface area contributed by atoms with Crippen LogP contribution in [0.5, 0.6) is 0 Å². The van der Waals surface area contributed by atoms with Crippen molar-refractivity contribution in [3.05, 3.63) is 35.4 Å². The minimum Gasteiger partial charge on any atom is -0.393 e. The molecule has 1 aromatic carbocycles. The first kappa shape index (κ1) is 25.4. The van der Waals surface area contributed by atoms with Crippen molar-refractivity contribution >= 4 is 29.9 Å². The van der Waals surface area contributed by atoms with Crippen LogP contribution in [0, 0.1) is 5.92 Å². The summed E-state index contributed by atoms with van der Waals surface area (Å²) in [7, 11) is 2.07. The van der Waals surface area contributed by atoms with E-state index in [2.05, 4.69) is 53.4 Å². The maximum Gasteiger partial charge on any atom is 0.194 e. The Kier molecular flexibility index (Phi) is 11.4. The maximum atomic E-state index is 9.64. The fourth-order valence-corrected chi connectivity index (χ4v) is 3.56. The molecular formula is C23H39IN4O2. The van der Waals surface area contributed by atoms with E-state index in [1.54, 1.807) is 0 Å². The average Bonchev–Trinajstić information content (AvgIpc) is 3.55. The molecule has 1 saturated heterocycles. The van der Waals surface area contributed by atoms with Crippen LogP contribution in [0.1, 0.15) is 43.7 Å². The van der Waals surface area contributed by atoms with Gasteiger partial charge in [0, 0.05) is 46.4 Å². The summed E-state index contributed by atoms with van der Waals surface area (Å²) in [4.78, 5) is 9.37. The highest BCUT2D eigenvalue weighted by molar-refractivity contribution is 14.0. The van der Waals surface area contributed by atoms with Gasteiger partial charge in [0.15, 0.2) is 5.96 Å². The molecule has 1 aliphatic carbocycles. The Balaban J connectivity index is 0.00000320. The van der Waals surface area contributed by atoms with Gasteiger partial charge in [-0.15, -0.1) is 24.0 Å². The van der Waals surface area contributed by atoms with Crippen LogP contribution in [0.25, 0.3) is 0 Å².